The number of hydrogen-bond acceptors (Lipinski definition) is 15. The first-order valence-electron chi connectivity index (χ1n) is 39.0. The Balaban J connectivity index is 5.19. The molecule has 0 heterocycles. The molecule has 5 atom stereocenters. The minimum Gasteiger partial charge on any atom is -0.462 e. The molecule has 0 rings (SSSR count). The lowest BCUT2D eigenvalue weighted by molar-refractivity contribution is -0.161. The minimum atomic E-state index is -4.96. The van der Waals surface area contributed by atoms with Gasteiger partial charge in [-0.1, -0.05) is 337 Å². The number of aliphatic hydroxyl groups excluding tert-OH is 1. The summed E-state index contributed by atoms with van der Waals surface area (Å²) in [4.78, 5) is 72.6. The molecule has 558 valence electrons. The number of carbonyl (C=O) groups excluding carboxylic acids is 4. The highest BCUT2D eigenvalue weighted by Crippen LogP contribution is 2.45. The lowest BCUT2D eigenvalue weighted by atomic mass is 10.0. The second-order valence-corrected chi connectivity index (χ2v) is 30.9. The van der Waals surface area contributed by atoms with Gasteiger partial charge in [-0.15, -0.1) is 0 Å². The summed E-state index contributed by atoms with van der Waals surface area (Å²) in [6.07, 6.45) is 54.2. The number of esters is 4. The Bertz CT molecular complexity index is 1820. The molecule has 0 fully saturated rings. The number of phosphoric ester groups is 2. The lowest BCUT2D eigenvalue weighted by Gasteiger charge is -2.21. The van der Waals surface area contributed by atoms with Gasteiger partial charge in [-0.3, -0.25) is 37.3 Å². The van der Waals surface area contributed by atoms with E-state index in [2.05, 4.69) is 41.5 Å². The molecule has 0 saturated heterocycles. The highest BCUT2D eigenvalue weighted by atomic mass is 31.2. The van der Waals surface area contributed by atoms with E-state index in [4.69, 9.17) is 37.0 Å². The molecule has 0 aliphatic rings. The molecule has 19 heteroatoms. The van der Waals surface area contributed by atoms with Gasteiger partial charge >= 0.3 is 39.5 Å². The SMILES string of the molecule is CCCCCCCCCCCC(=O)OC[C@H](COP(=O)(O)OC[C@H](O)COP(=O)(O)OC[C@@H](COC(=O)CCCCCCCCCCCCCCCCCC(C)C)OC(=O)CCCCCCCCCCCCCCCCCC(C)C)OC(=O)CCCCCCCCCCC. The monoisotopic (exact) mass is 1380 g/mol. The van der Waals surface area contributed by atoms with Gasteiger partial charge in [0.1, 0.15) is 19.3 Å². The van der Waals surface area contributed by atoms with Crippen molar-refractivity contribution in [3.8, 4) is 0 Å². The van der Waals surface area contributed by atoms with Crippen LogP contribution in [0, 0.1) is 11.8 Å². The zero-order chi connectivity index (χ0) is 69.3. The van der Waals surface area contributed by atoms with Crippen molar-refractivity contribution < 1.29 is 80.2 Å². The van der Waals surface area contributed by atoms with Gasteiger partial charge in [-0.2, -0.15) is 0 Å². The Morgan fingerprint density at radius 2 is 0.489 bits per heavy atom. The largest absolute Gasteiger partial charge is 0.472 e. The van der Waals surface area contributed by atoms with Gasteiger partial charge in [0.05, 0.1) is 26.4 Å². The summed E-state index contributed by atoms with van der Waals surface area (Å²) < 4.78 is 68.4. The van der Waals surface area contributed by atoms with E-state index in [0.29, 0.717) is 25.7 Å². The maximum absolute atomic E-state index is 13.1. The molecule has 0 spiro atoms. The van der Waals surface area contributed by atoms with E-state index in [9.17, 15) is 43.2 Å². The normalized spacial score (nSPS) is 14.0. The fraction of sp³-hybridized carbons (Fsp3) is 0.947. The molecule has 0 radical (unpaired) electrons. The van der Waals surface area contributed by atoms with Gasteiger partial charge in [0.2, 0.25) is 0 Å². The third kappa shape index (κ3) is 68.6. The fourth-order valence-corrected chi connectivity index (χ4v) is 13.1. The van der Waals surface area contributed by atoms with E-state index in [1.807, 2.05) is 0 Å². The maximum atomic E-state index is 13.1. The van der Waals surface area contributed by atoms with Crippen molar-refractivity contribution >= 4 is 39.5 Å². The van der Waals surface area contributed by atoms with E-state index in [-0.39, 0.29) is 25.7 Å². The van der Waals surface area contributed by atoms with Crippen LogP contribution in [0.3, 0.4) is 0 Å². The Morgan fingerprint density at radius 3 is 0.723 bits per heavy atom. The highest BCUT2D eigenvalue weighted by Gasteiger charge is 2.30. The van der Waals surface area contributed by atoms with E-state index < -0.39 is 97.5 Å². The summed E-state index contributed by atoms with van der Waals surface area (Å²) in [5.74, 6) is -0.510. The van der Waals surface area contributed by atoms with Crippen LogP contribution in [-0.4, -0.2) is 96.7 Å². The molecule has 17 nitrogen and oxygen atoms in total. The van der Waals surface area contributed by atoms with Crippen molar-refractivity contribution in [2.75, 3.05) is 39.6 Å². The molecule has 0 saturated carbocycles. The van der Waals surface area contributed by atoms with E-state index in [1.165, 1.54) is 205 Å². The summed E-state index contributed by atoms with van der Waals surface area (Å²) in [6.45, 7) is 9.61. The summed E-state index contributed by atoms with van der Waals surface area (Å²) in [6, 6.07) is 0. The summed E-state index contributed by atoms with van der Waals surface area (Å²) in [7, 11) is -9.90. The number of carbonyl (C=O) groups is 4. The molecule has 2 unspecified atom stereocenters. The Kier molecular flexibility index (Phi) is 65.5. The van der Waals surface area contributed by atoms with Crippen LogP contribution in [0.5, 0.6) is 0 Å². The van der Waals surface area contributed by atoms with E-state index in [1.54, 1.807) is 0 Å². The van der Waals surface area contributed by atoms with E-state index in [0.717, 1.165) is 102 Å². The molecule has 94 heavy (non-hydrogen) atoms. The summed E-state index contributed by atoms with van der Waals surface area (Å²) >= 11 is 0. The molecule has 0 aliphatic carbocycles. The van der Waals surface area contributed by atoms with Crippen LogP contribution in [0.15, 0.2) is 0 Å². The minimum absolute atomic E-state index is 0.106. The van der Waals surface area contributed by atoms with Crippen molar-refractivity contribution in [3.05, 3.63) is 0 Å². The van der Waals surface area contributed by atoms with Crippen LogP contribution >= 0.6 is 15.6 Å². The predicted octanol–water partition coefficient (Wildman–Crippen LogP) is 21.9. The molecular formula is C75H146O17P2. The molecule has 0 bridgehead atoms. The van der Waals surface area contributed by atoms with Crippen LogP contribution in [-0.2, 0) is 65.4 Å². The predicted molar refractivity (Wildman–Crippen MR) is 381 cm³/mol. The average molecular weight is 1380 g/mol. The summed E-state index contributed by atoms with van der Waals surface area (Å²) in [5.41, 5.74) is 0. The molecule has 0 aliphatic heterocycles. The van der Waals surface area contributed by atoms with E-state index >= 15 is 0 Å². The first kappa shape index (κ1) is 92.1. The van der Waals surface area contributed by atoms with Crippen molar-refractivity contribution in [2.45, 2.75) is 407 Å². The lowest BCUT2D eigenvalue weighted by Crippen LogP contribution is -2.30. The molecule has 0 aromatic heterocycles. The molecule has 0 aromatic rings. The van der Waals surface area contributed by atoms with Gasteiger partial charge < -0.3 is 33.8 Å². The molecule has 3 N–H and O–H groups in total. The zero-order valence-corrected chi connectivity index (χ0v) is 63.1. The standard InChI is InChI=1S/C75H146O17P2/c1-7-9-11-13-15-31-39-45-51-57-72(77)85-63-70(91-74(79)59-53-47-41-32-16-14-12-10-8-2)65-89-93(81,82)87-61-69(76)62-88-94(83,84)90-66-71(92-75(80)60-54-48-42-36-30-26-22-18-20-24-28-34-38-44-50-56-68(5)6)64-86-73(78)58-52-46-40-35-29-25-21-17-19-23-27-33-37-43-49-55-67(3)4/h67-71,76H,7-66H2,1-6H3,(H,81,82)(H,83,84)/t69-,70+,71+/m0/s1. The topological polar surface area (TPSA) is 237 Å². The highest BCUT2D eigenvalue weighted by molar-refractivity contribution is 7.47. The van der Waals surface area contributed by atoms with Crippen molar-refractivity contribution in [1.29, 1.82) is 0 Å². The number of ether oxygens (including phenoxy) is 4. The smallest absolute Gasteiger partial charge is 0.462 e. The van der Waals surface area contributed by atoms with Crippen LogP contribution < -0.4 is 0 Å². The molecule has 0 aromatic carbocycles. The van der Waals surface area contributed by atoms with Crippen LogP contribution in [0.2, 0.25) is 0 Å². The number of phosphoric acid groups is 2. The second kappa shape index (κ2) is 66.9. The Morgan fingerprint density at radius 1 is 0.287 bits per heavy atom. The number of hydrogen-bond donors (Lipinski definition) is 3. The van der Waals surface area contributed by atoms with Crippen molar-refractivity contribution in [2.24, 2.45) is 11.8 Å². The number of aliphatic hydroxyl groups is 1. The van der Waals surface area contributed by atoms with Gasteiger partial charge in [0.15, 0.2) is 12.2 Å². The average Bonchev–Trinajstić information content (AvgIpc) is 2.44. The van der Waals surface area contributed by atoms with Crippen molar-refractivity contribution in [3.63, 3.8) is 0 Å². The molecule has 0 amide bonds. The molecular weight excluding hydrogens is 1230 g/mol. The van der Waals surface area contributed by atoms with Gasteiger partial charge in [-0.05, 0) is 37.5 Å². The van der Waals surface area contributed by atoms with Gasteiger partial charge in [0.25, 0.3) is 0 Å². The van der Waals surface area contributed by atoms with Crippen molar-refractivity contribution in [1.82, 2.24) is 0 Å². The number of unbranched alkanes of at least 4 members (excludes halogenated alkanes) is 44. The fourth-order valence-electron chi connectivity index (χ4n) is 11.5. The summed E-state index contributed by atoms with van der Waals surface area (Å²) in [5, 5.41) is 10.6. The van der Waals surface area contributed by atoms with Gasteiger partial charge in [-0.25, -0.2) is 9.13 Å². The third-order valence-corrected chi connectivity index (χ3v) is 19.4. The van der Waals surface area contributed by atoms with Gasteiger partial charge in [0, 0.05) is 25.7 Å². The Hall–Kier alpha value is -1.94. The quantitative estimate of drug-likeness (QED) is 0.0222. The first-order chi connectivity index (χ1) is 45.4. The van der Waals surface area contributed by atoms with Crippen LogP contribution in [0.25, 0.3) is 0 Å². The Labute approximate surface area is 575 Å². The third-order valence-electron chi connectivity index (χ3n) is 17.5. The van der Waals surface area contributed by atoms with Crippen LogP contribution in [0.4, 0.5) is 0 Å². The first-order valence-corrected chi connectivity index (χ1v) is 42.0. The second-order valence-electron chi connectivity index (χ2n) is 28.0. The number of rotatable bonds is 74. The van der Waals surface area contributed by atoms with Crippen LogP contribution in [0.1, 0.15) is 388 Å². The maximum Gasteiger partial charge on any atom is 0.472 e. The zero-order valence-electron chi connectivity index (χ0n) is 61.3.